The monoisotopic (exact) mass is 237 g/mol. The number of rotatable bonds is 1. The summed E-state index contributed by atoms with van der Waals surface area (Å²) < 4.78 is 0. The number of nitrogens with zero attached hydrogens (tertiary/aromatic N) is 1. The summed E-state index contributed by atoms with van der Waals surface area (Å²) in [6.07, 6.45) is 1.13. The van der Waals surface area contributed by atoms with Gasteiger partial charge in [0.2, 0.25) is 17.5 Å². The van der Waals surface area contributed by atoms with Gasteiger partial charge in [0.05, 0.1) is 0 Å². The molecule has 4 heteroatoms. The SMILES string of the molecule is CN(C)C(=O)[C@]12CC[C@@](C)(C(=O)C1=O)C2(C)C. The first-order valence-corrected chi connectivity index (χ1v) is 5.94. The van der Waals surface area contributed by atoms with Gasteiger partial charge in [-0.25, -0.2) is 0 Å². The Kier molecular flexibility index (Phi) is 2.15. The van der Waals surface area contributed by atoms with Crippen molar-refractivity contribution in [2.24, 2.45) is 16.2 Å². The Morgan fingerprint density at radius 1 is 1.06 bits per heavy atom. The first-order chi connectivity index (χ1) is 7.63. The van der Waals surface area contributed by atoms with Crippen molar-refractivity contribution >= 4 is 17.5 Å². The van der Waals surface area contributed by atoms with Crippen LogP contribution >= 0.6 is 0 Å². The molecule has 4 nitrogen and oxygen atoms in total. The number of amides is 1. The summed E-state index contributed by atoms with van der Waals surface area (Å²) in [5.74, 6) is -1.05. The fourth-order valence-electron chi connectivity index (χ4n) is 3.63. The summed E-state index contributed by atoms with van der Waals surface area (Å²) in [5, 5.41) is 0. The Bertz CT molecular complexity index is 438. The van der Waals surface area contributed by atoms with E-state index in [1.54, 1.807) is 14.1 Å². The van der Waals surface area contributed by atoms with Crippen LogP contribution in [-0.4, -0.2) is 36.5 Å². The van der Waals surface area contributed by atoms with Crippen LogP contribution < -0.4 is 0 Å². The molecule has 2 rings (SSSR count). The summed E-state index contributed by atoms with van der Waals surface area (Å²) in [6.45, 7) is 5.58. The van der Waals surface area contributed by atoms with E-state index >= 15 is 0 Å². The fourth-order valence-corrected chi connectivity index (χ4v) is 3.63. The van der Waals surface area contributed by atoms with Crippen LogP contribution in [0.25, 0.3) is 0 Å². The normalized spacial score (nSPS) is 38.6. The highest BCUT2D eigenvalue weighted by Gasteiger charge is 2.78. The average Bonchev–Trinajstić information content (AvgIpc) is 2.50. The second-order valence-electron chi connectivity index (χ2n) is 6.22. The van der Waals surface area contributed by atoms with Crippen molar-refractivity contribution in [1.82, 2.24) is 4.90 Å². The molecule has 2 fully saturated rings. The summed E-state index contributed by atoms with van der Waals surface area (Å²) in [4.78, 5) is 38.2. The molecule has 94 valence electrons. The maximum Gasteiger partial charge on any atom is 0.236 e. The van der Waals surface area contributed by atoms with E-state index < -0.39 is 22.0 Å². The van der Waals surface area contributed by atoms with Crippen molar-refractivity contribution in [3.63, 3.8) is 0 Å². The van der Waals surface area contributed by atoms with Gasteiger partial charge in [-0.15, -0.1) is 0 Å². The molecule has 2 atom stereocenters. The van der Waals surface area contributed by atoms with Crippen molar-refractivity contribution in [3.8, 4) is 0 Å². The molecule has 0 spiro atoms. The largest absolute Gasteiger partial charge is 0.348 e. The van der Waals surface area contributed by atoms with Crippen molar-refractivity contribution in [1.29, 1.82) is 0 Å². The van der Waals surface area contributed by atoms with Crippen LogP contribution in [0.2, 0.25) is 0 Å². The molecular weight excluding hydrogens is 218 g/mol. The van der Waals surface area contributed by atoms with E-state index in [1.165, 1.54) is 4.90 Å². The fraction of sp³-hybridized carbons (Fsp3) is 0.769. The third-order valence-corrected chi connectivity index (χ3v) is 5.31. The zero-order valence-corrected chi connectivity index (χ0v) is 11.1. The molecule has 17 heavy (non-hydrogen) atoms. The summed E-state index contributed by atoms with van der Waals surface area (Å²) in [7, 11) is 3.28. The topological polar surface area (TPSA) is 54.5 Å². The van der Waals surface area contributed by atoms with Crippen molar-refractivity contribution < 1.29 is 14.4 Å². The van der Waals surface area contributed by atoms with Crippen LogP contribution in [-0.2, 0) is 14.4 Å². The number of ketones is 2. The van der Waals surface area contributed by atoms with E-state index in [1.807, 2.05) is 20.8 Å². The van der Waals surface area contributed by atoms with Gasteiger partial charge in [0, 0.05) is 19.5 Å². The molecular formula is C13H19NO3. The third kappa shape index (κ3) is 0.980. The van der Waals surface area contributed by atoms with Gasteiger partial charge in [-0.3, -0.25) is 14.4 Å². The second-order valence-corrected chi connectivity index (χ2v) is 6.22. The highest BCUT2D eigenvalue weighted by Crippen LogP contribution is 2.69. The van der Waals surface area contributed by atoms with Gasteiger partial charge in [0.25, 0.3) is 0 Å². The Labute approximate surface area is 101 Å². The lowest BCUT2D eigenvalue weighted by molar-refractivity contribution is -0.153. The van der Waals surface area contributed by atoms with Gasteiger partial charge < -0.3 is 4.90 Å². The lowest BCUT2D eigenvalue weighted by Gasteiger charge is -2.38. The van der Waals surface area contributed by atoms with Gasteiger partial charge in [-0.05, 0) is 18.3 Å². The predicted molar refractivity (Wildman–Crippen MR) is 62.3 cm³/mol. The first kappa shape index (κ1) is 12.3. The molecule has 2 aliphatic rings. The van der Waals surface area contributed by atoms with Gasteiger partial charge in [-0.1, -0.05) is 20.8 Å². The minimum atomic E-state index is -1.12. The van der Waals surface area contributed by atoms with Crippen LogP contribution in [0.5, 0.6) is 0 Å². The van der Waals surface area contributed by atoms with Crippen molar-refractivity contribution in [3.05, 3.63) is 0 Å². The molecule has 0 aromatic heterocycles. The van der Waals surface area contributed by atoms with Crippen molar-refractivity contribution in [2.75, 3.05) is 14.1 Å². The molecule has 0 unspecified atom stereocenters. The lowest BCUT2D eigenvalue weighted by atomic mass is 9.64. The average molecular weight is 237 g/mol. The van der Waals surface area contributed by atoms with Crippen LogP contribution in [0.4, 0.5) is 0 Å². The maximum absolute atomic E-state index is 12.4. The Balaban J connectivity index is 2.66. The minimum Gasteiger partial charge on any atom is -0.348 e. The number of hydrogen-bond donors (Lipinski definition) is 0. The minimum absolute atomic E-state index is 0.220. The van der Waals surface area contributed by atoms with E-state index in [0.29, 0.717) is 12.8 Å². The quantitative estimate of drug-likeness (QED) is 0.506. The smallest absolute Gasteiger partial charge is 0.236 e. The zero-order valence-electron chi connectivity index (χ0n) is 11.1. The second kappa shape index (κ2) is 2.98. The number of carbonyl (C=O) groups excluding carboxylic acids is 3. The van der Waals surface area contributed by atoms with E-state index in [4.69, 9.17) is 0 Å². The van der Waals surface area contributed by atoms with Crippen LogP contribution in [0.15, 0.2) is 0 Å². The molecule has 2 saturated carbocycles. The van der Waals surface area contributed by atoms with Crippen LogP contribution in [0.1, 0.15) is 33.6 Å². The maximum atomic E-state index is 12.4. The van der Waals surface area contributed by atoms with Gasteiger partial charge in [0.15, 0.2) is 0 Å². The van der Waals surface area contributed by atoms with Crippen molar-refractivity contribution in [2.45, 2.75) is 33.6 Å². The van der Waals surface area contributed by atoms with Gasteiger partial charge >= 0.3 is 0 Å². The zero-order chi connectivity index (χ0) is 13.2. The molecule has 0 aliphatic heterocycles. The predicted octanol–water partition coefficient (Wildman–Crippen LogP) is 1.04. The first-order valence-electron chi connectivity index (χ1n) is 5.94. The Morgan fingerprint density at radius 3 is 1.94 bits per heavy atom. The highest BCUT2D eigenvalue weighted by atomic mass is 16.2. The molecule has 0 aromatic carbocycles. The molecule has 2 aliphatic carbocycles. The van der Waals surface area contributed by atoms with E-state index in [0.717, 1.165) is 0 Å². The highest BCUT2D eigenvalue weighted by molar-refractivity contribution is 6.48. The van der Waals surface area contributed by atoms with Gasteiger partial charge in [0.1, 0.15) is 5.41 Å². The molecule has 0 radical (unpaired) electrons. The lowest BCUT2D eigenvalue weighted by Crippen LogP contribution is -2.50. The Hall–Kier alpha value is -1.19. The molecule has 0 N–H and O–H groups in total. The summed E-state index contributed by atoms with van der Waals surface area (Å²) >= 11 is 0. The molecule has 2 bridgehead atoms. The molecule has 1 amide bonds. The number of carbonyl (C=O) groups is 3. The van der Waals surface area contributed by atoms with E-state index in [-0.39, 0.29) is 11.7 Å². The summed E-state index contributed by atoms with van der Waals surface area (Å²) in [6, 6.07) is 0. The number of fused-ring (bicyclic) bond motifs is 2. The van der Waals surface area contributed by atoms with E-state index in [2.05, 4.69) is 0 Å². The van der Waals surface area contributed by atoms with Crippen LogP contribution in [0.3, 0.4) is 0 Å². The summed E-state index contributed by atoms with van der Waals surface area (Å²) in [5.41, 5.74) is -2.38. The molecule has 0 saturated heterocycles. The molecule has 0 aromatic rings. The molecule has 0 heterocycles. The third-order valence-electron chi connectivity index (χ3n) is 5.31. The standard InChI is InChI=1S/C13H19NO3/c1-11(2)12(3)6-7-13(11,9(16)8(12)15)10(17)14(4)5/h6-7H2,1-5H3/t12-,13-/m0/s1. The number of Topliss-reactive ketones (excluding diaryl/α,β-unsaturated/α-hetero) is 2. The van der Waals surface area contributed by atoms with E-state index in [9.17, 15) is 14.4 Å². The van der Waals surface area contributed by atoms with Crippen LogP contribution in [0, 0.1) is 16.2 Å². The number of hydrogen-bond acceptors (Lipinski definition) is 3. The van der Waals surface area contributed by atoms with Gasteiger partial charge in [-0.2, -0.15) is 0 Å². The Morgan fingerprint density at radius 2 is 1.59 bits per heavy atom.